The van der Waals surface area contributed by atoms with E-state index < -0.39 is 41.3 Å². The molecule has 3 aromatic rings. The Hall–Kier alpha value is -4.06. The lowest BCUT2D eigenvalue weighted by molar-refractivity contribution is -0.118. The smallest absolute Gasteiger partial charge is 0.274 e. The van der Waals surface area contributed by atoms with Crippen LogP contribution in [0.4, 0.5) is 14.5 Å². The van der Waals surface area contributed by atoms with E-state index in [1.54, 1.807) is 0 Å². The number of fused-ring (bicyclic) bond motifs is 3. The number of nitrogens with one attached hydrogen (secondary N) is 2. The van der Waals surface area contributed by atoms with E-state index in [1.807, 2.05) is 30.3 Å². The maximum absolute atomic E-state index is 14.2. The van der Waals surface area contributed by atoms with Crippen molar-refractivity contribution in [2.75, 3.05) is 5.32 Å². The van der Waals surface area contributed by atoms with Crippen molar-refractivity contribution in [3.63, 3.8) is 0 Å². The Labute approximate surface area is 175 Å². The first kappa shape index (κ1) is 18.9. The Morgan fingerprint density at radius 3 is 2.74 bits per heavy atom. The number of benzene rings is 2. The molecule has 1 aliphatic carbocycles. The van der Waals surface area contributed by atoms with E-state index in [2.05, 4.69) is 32.8 Å². The molecular formula is C22H15F2N5O2. The average Bonchev–Trinajstić information content (AvgIpc) is 3.15. The third kappa shape index (κ3) is 3.42. The van der Waals surface area contributed by atoms with Gasteiger partial charge in [-0.15, -0.1) is 5.10 Å². The number of aromatic nitrogens is 3. The summed E-state index contributed by atoms with van der Waals surface area (Å²) in [5, 5.41) is 12.9. The second kappa shape index (κ2) is 7.32. The monoisotopic (exact) mass is 419 g/mol. The van der Waals surface area contributed by atoms with Crippen LogP contribution in [0.2, 0.25) is 0 Å². The van der Waals surface area contributed by atoms with Crippen LogP contribution in [-0.4, -0.2) is 32.9 Å². The van der Waals surface area contributed by atoms with Gasteiger partial charge in [-0.2, -0.15) is 0 Å². The predicted octanol–water partition coefficient (Wildman–Crippen LogP) is 2.07. The van der Waals surface area contributed by atoms with Gasteiger partial charge in [-0.25, -0.2) is 13.5 Å². The molecule has 1 aromatic heterocycles. The van der Waals surface area contributed by atoms with Gasteiger partial charge in [0.05, 0.1) is 30.3 Å². The molecule has 154 valence electrons. The highest BCUT2D eigenvalue weighted by Crippen LogP contribution is 2.40. The normalized spacial score (nSPS) is 20.8. The van der Waals surface area contributed by atoms with Crippen LogP contribution in [0.1, 0.15) is 27.5 Å². The second-order valence-corrected chi connectivity index (χ2v) is 7.37. The molecule has 2 heterocycles. The second-order valence-electron chi connectivity index (χ2n) is 7.37. The number of nitrogens with zero attached hydrogens (tertiary/aromatic N) is 3. The lowest BCUT2D eigenvalue weighted by Crippen LogP contribution is -2.49. The molecule has 5 rings (SSSR count). The van der Waals surface area contributed by atoms with Crippen molar-refractivity contribution in [3.05, 3.63) is 77.1 Å². The van der Waals surface area contributed by atoms with Crippen LogP contribution in [-0.2, 0) is 11.3 Å². The average molecular weight is 419 g/mol. The van der Waals surface area contributed by atoms with Gasteiger partial charge in [-0.3, -0.25) is 9.59 Å². The van der Waals surface area contributed by atoms with Gasteiger partial charge >= 0.3 is 0 Å². The van der Waals surface area contributed by atoms with Gasteiger partial charge in [0.15, 0.2) is 5.69 Å². The summed E-state index contributed by atoms with van der Waals surface area (Å²) in [6.45, 7) is 0.432. The molecule has 0 spiro atoms. The minimum Gasteiger partial charge on any atom is -0.338 e. The molecule has 0 unspecified atom stereocenters. The van der Waals surface area contributed by atoms with E-state index in [0.717, 1.165) is 11.6 Å². The van der Waals surface area contributed by atoms with E-state index >= 15 is 0 Å². The first-order valence-corrected chi connectivity index (χ1v) is 9.55. The van der Waals surface area contributed by atoms with Crippen LogP contribution < -0.4 is 10.6 Å². The van der Waals surface area contributed by atoms with Crippen LogP contribution in [0.15, 0.2) is 48.7 Å². The molecule has 2 amide bonds. The largest absolute Gasteiger partial charge is 0.338 e. The van der Waals surface area contributed by atoms with E-state index in [9.17, 15) is 18.4 Å². The third-order valence-electron chi connectivity index (χ3n) is 5.32. The summed E-state index contributed by atoms with van der Waals surface area (Å²) < 4.78 is 29.5. The van der Waals surface area contributed by atoms with Crippen LogP contribution >= 0.6 is 0 Å². The topological polar surface area (TPSA) is 88.9 Å². The summed E-state index contributed by atoms with van der Waals surface area (Å²) in [7, 11) is 0. The molecule has 0 saturated heterocycles. The van der Waals surface area contributed by atoms with Crippen LogP contribution in [0.25, 0.3) is 0 Å². The van der Waals surface area contributed by atoms with Gasteiger partial charge in [0.25, 0.3) is 5.91 Å². The van der Waals surface area contributed by atoms with Gasteiger partial charge in [-0.1, -0.05) is 47.4 Å². The van der Waals surface area contributed by atoms with Gasteiger partial charge in [0, 0.05) is 6.07 Å². The lowest BCUT2D eigenvalue weighted by Gasteiger charge is -2.28. The molecular weight excluding hydrogens is 404 g/mol. The predicted molar refractivity (Wildman–Crippen MR) is 106 cm³/mol. The van der Waals surface area contributed by atoms with Crippen molar-refractivity contribution in [2.45, 2.75) is 18.5 Å². The zero-order valence-corrected chi connectivity index (χ0v) is 16.0. The molecule has 0 fully saturated rings. The fraction of sp³-hybridized carbons (Fsp3) is 0.182. The van der Waals surface area contributed by atoms with Crippen molar-refractivity contribution in [1.29, 1.82) is 0 Å². The first-order chi connectivity index (χ1) is 15.0. The van der Waals surface area contributed by atoms with Crippen LogP contribution in [0.5, 0.6) is 0 Å². The lowest BCUT2D eigenvalue weighted by atomic mass is 9.76. The van der Waals surface area contributed by atoms with E-state index in [0.29, 0.717) is 12.6 Å². The Kier molecular flexibility index (Phi) is 4.47. The highest BCUT2D eigenvalue weighted by atomic mass is 19.1. The summed E-state index contributed by atoms with van der Waals surface area (Å²) in [4.78, 5) is 25.4. The fourth-order valence-electron chi connectivity index (χ4n) is 3.77. The minimum atomic E-state index is -1.05. The summed E-state index contributed by atoms with van der Waals surface area (Å²) in [6.07, 6.45) is 1.48. The fourth-order valence-corrected chi connectivity index (χ4v) is 3.77. The molecule has 2 N–H and O–H groups in total. The molecule has 3 atom stereocenters. The number of halogens is 2. The Balaban J connectivity index is 1.35. The van der Waals surface area contributed by atoms with E-state index in [4.69, 9.17) is 0 Å². The number of carbonyl (C=O) groups excluding carboxylic acids is 2. The SMILES string of the molecule is O=C(N[C@H]1C(=O)Nc2c(F)cc(F)cc2[C@H]2C#C[C@H]21)c1cn(Cc2ccccc2)nn1. The number of anilines is 1. The Morgan fingerprint density at radius 2 is 2.00 bits per heavy atom. The highest BCUT2D eigenvalue weighted by Gasteiger charge is 2.43. The molecule has 0 radical (unpaired) electrons. The summed E-state index contributed by atoms with van der Waals surface area (Å²) in [5.41, 5.74) is 1.18. The molecule has 2 aromatic carbocycles. The number of carbonyl (C=O) groups is 2. The molecule has 31 heavy (non-hydrogen) atoms. The van der Waals surface area contributed by atoms with Crippen molar-refractivity contribution < 1.29 is 18.4 Å². The molecule has 0 saturated carbocycles. The Bertz CT molecular complexity index is 1260. The highest BCUT2D eigenvalue weighted by molar-refractivity contribution is 6.02. The zero-order chi connectivity index (χ0) is 21.5. The summed E-state index contributed by atoms with van der Waals surface area (Å²) >= 11 is 0. The van der Waals surface area contributed by atoms with Crippen molar-refractivity contribution >= 4 is 17.5 Å². The molecule has 0 bridgehead atoms. The third-order valence-corrected chi connectivity index (χ3v) is 5.32. The number of hydrogen-bond donors (Lipinski definition) is 2. The molecule has 1 aliphatic heterocycles. The number of rotatable bonds is 4. The maximum Gasteiger partial charge on any atom is 0.274 e. The molecule has 9 heteroatoms. The van der Waals surface area contributed by atoms with Crippen molar-refractivity contribution in [1.82, 2.24) is 20.3 Å². The summed E-state index contributed by atoms with van der Waals surface area (Å²) in [6, 6.07) is 10.3. The van der Waals surface area contributed by atoms with Crippen molar-refractivity contribution in [2.24, 2.45) is 5.92 Å². The van der Waals surface area contributed by atoms with Gasteiger partial charge in [0.1, 0.15) is 17.7 Å². The maximum atomic E-state index is 14.2. The molecule has 7 nitrogen and oxygen atoms in total. The number of amides is 2. The zero-order valence-electron chi connectivity index (χ0n) is 16.0. The first-order valence-electron chi connectivity index (χ1n) is 9.55. The van der Waals surface area contributed by atoms with Crippen LogP contribution in [0, 0.1) is 29.4 Å². The van der Waals surface area contributed by atoms with Gasteiger partial charge in [-0.05, 0) is 17.2 Å². The van der Waals surface area contributed by atoms with Crippen molar-refractivity contribution in [3.8, 4) is 11.8 Å². The quantitative estimate of drug-likeness (QED) is 0.634. The summed E-state index contributed by atoms with van der Waals surface area (Å²) in [5.74, 6) is 1.62. The minimum absolute atomic E-state index is 0.0338. The molecule has 2 aliphatic rings. The Morgan fingerprint density at radius 1 is 1.19 bits per heavy atom. The van der Waals surface area contributed by atoms with E-state index in [-0.39, 0.29) is 16.9 Å². The van der Waals surface area contributed by atoms with Gasteiger partial charge < -0.3 is 10.6 Å². The van der Waals surface area contributed by atoms with Gasteiger partial charge in [0.2, 0.25) is 5.91 Å². The van der Waals surface area contributed by atoms with E-state index in [1.165, 1.54) is 10.9 Å². The standard InChI is InChI=1S/C22H15F2N5O2/c23-13-8-16-14-6-7-15(14)20(22(31)25-19(16)17(24)9-13)26-21(30)18-11-29(28-27-18)10-12-4-2-1-3-5-12/h1-5,8-9,11,14-15,20H,10H2,(H,25,31)(H,26,30)/t14-,15+,20+/m0/s1. The number of hydrogen-bond acceptors (Lipinski definition) is 4. The van der Waals surface area contributed by atoms with Crippen LogP contribution in [0.3, 0.4) is 0 Å².